The Hall–Kier alpha value is -2.46. The first-order chi connectivity index (χ1) is 14.7. The fourth-order valence-corrected chi connectivity index (χ4v) is 3.99. The lowest BCUT2D eigenvalue weighted by atomic mass is 9.84. The Balaban J connectivity index is 2.23. The van der Waals surface area contributed by atoms with Crippen molar-refractivity contribution in [2.75, 3.05) is 25.7 Å². The van der Waals surface area contributed by atoms with Crippen LogP contribution in [0, 0.1) is 0 Å². The standard InChI is InChI=1S/C21H33N7O2S/c1-7-17(29)24-20(2,3)15-21(4,19-25-26-27-28(19)13-14-31-6)22-12-11-16-9-8-10-18(23-16)30-5/h7-10,22H,1,11-15H2,2-6H3,(H,24,29). The van der Waals surface area contributed by atoms with E-state index in [1.165, 1.54) is 6.08 Å². The predicted octanol–water partition coefficient (Wildman–Crippen LogP) is 1.96. The normalized spacial score (nSPS) is 13.5. The molecule has 0 saturated heterocycles. The Morgan fingerprint density at radius 1 is 1.35 bits per heavy atom. The molecule has 1 amide bonds. The van der Waals surface area contributed by atoms with Gasteiger partial charge in [-0.05, 0) is 56.0 Å². The molecular weight excluding hydrogens is 414 g/mol. The van der Waals surface area contributed by atoms with Crippen LogP contribution in [-0.2, 0) is 23.3 Å². The highest BCUT2D eigenvalue weighted by molar-refractivity contribution is 7.98. The van der Waals surface area contributed by atoms with Crippen LogP contribution in [0.25, 0.3) is 0 Å². The minimum atomic E-state index is -0.585. The summed E-state index contributed by atoms with van der Waals surface area (Å²) in [6, 6.07) is 5.72. The van der Waals surface area contributed by atoms with Gasteiger partial charge in [0.1, 0.15) is 0 Å². The summed E-state index contributed by atoms with van der Waals surface area (Å²) in [7, 11) is 1.61. The van der Waals surface area contributed by atoms with E-state index in [4.69, 9.17) is 4.74 Å². The first-order valence-corrected chi connectivity index (χ1v) is 11.6. The minimum absolute atomic E-state index is 0.213. The summed E-state index contributed by atoms with van der Waals surface area (Å²) >= 11 is 1.74. The van der Waals surface area contributed by atoms with E-state index >= 15 is 0 Å². The van der Waals surface area contributed by atoms with Crippen LogP contribution < -0.4 is 15.4 Å². The van der Waals surface area contributed by atoms with E-state index in [1.54, 1.807) is 18.9 Å². The maximum Gasteiger partial charge on any atom is 0.243 e. The first-order valence-electron chi connectivity index (χ1n) is 10.2. The van der Waals surface area contributed by atoms with Crippen molar-refractivity contribution in [1.29, 1.82) is 0 Å². The second-order valence-electron chi connectivity index (χ2n) is 8.15. The van der Waals surface area contributed by atoms with Crippen molar-refractivity contribution in [1.82, 2.24) is 35.8 Å². The molecule has 0 aliphatic carbocycles. The van der Waals surface area contributed by atoms with E-state index in [1.807, 2.05) is 36.7 Å². The largest absolute Gasteiger partial charge is 0.481 e. The molecule has 0 aliphatic rings. The lowest BCUT2D eigenvalue weighted by Gasteiger charge is -2.37. The molecule has 170 valence electrons. The molecule has 9 nitrogen and oxygen atoms in total. The quantitative estimate of drug-likeness (QED) is 0.449. The Morgan fingerprint density at radius 3 is 2.81 bits per heavy atom. The van der Waals surface area contributed by atoms with Crippen LogP contribution in [0.15, 0.2) is 30.9 Å². The number of hydrogen-bond acceptors (Lipinski definition) is 8. The number of hydrogen-bond donors (Lipinski definition) is 2. The second-order valence-corrected chi connectivity index (χ2v) is 9.14. The molecule has 0 spiro atoms. The third kappa shape index (κ3) is 7.32. The Bertz CT molecular complexity index is 871. The number of ether oxygens (including phenoxy) is 1. The van der Waals surface area contributed by atoms with E-state index < -0.39 is 11.1 Å². The van der Waals surface area contributed by atoms with Crippen LogP contribution in [0.3, 0.4) is 0 Å². The smallest absolute Gasteiger partial charge is 0.243 e. The van der Waals surface area contributed by atoms with Crippen molar-refractivity contribution < 1.29 is 9.53 Å². The number of rotatable bonds is 13. The van der Waals surface area contributed by atoms with Gasteiger partial charge in [-0.1, -0.05) is 12.6 Å². The molecule has 1 atom stereocenters. The Labute approximate surface area is 188 Å². The fourth-order valence-electron chi connectivity index (χ4n) is 3.64. The fraction of sp³-hybridized carbons (Fsp3) is 0.571. The zero-order valence-corrected chi connectivity index (χ0v) is 19.8. The summed E-state index contributed by atoms with van der Waals surface area (Å²) in [6.07, 6.45) is 4.61. The van der Waals surface area contributed by atoms with Gasteiger partial charge in [0.05, 0.1) is 19.2 Å². The highest BCUT2D eigenvalue weighted by atomic mass is 32.2. The van der Waals surface area contributed by atoms with Crippen molar-refractivity contribution in [2.24, 2.45) is 0 Å². The highest BCUT2D eigenvalue weighted by Crippen LogP contribution is 2.29. The van der Waals surface area contributed by atoms with Crippen LogP contribution in [0.1, 0.15) is 38.7 Å². The van der Waals surface area contributed by atoms with Gasteiger partial charge in [0.2, 0.25) is 11.8 Å². The molecule has 2 aromatic heterocycles. The second kappa shape index (κ2) is 11.2. The van der Waals surface area contributed by atoms with E-state index in [0.29, 0.717) is 31.8 Å². The number of aryl methyl sites for hydroxylation is 1. The molecule has 0 aliphatic heterocycles. The van der Waals surface area contributed by atoms with Crippen LogP contribution in [0.2, 0.25) is 0 Å². The zero-order valence-electron chi connectivity index (χ0n) is 19.0. The van der Waals surface area contributed by atoms with Crippen molar-refractivity contribution in [2.45, 2.75) is 51.2 Å². The van der Waals surface area contributed by atoms with Gasteiger partial charge in [0.15, 0.2) is 5.82 Å². The number of nitrogens with zero attached hydrogens (tertiary/aromatic N) is 5. The van der Waals surface area contributed by atoms with Crippen molar-refractivity contribution in [3.8, 4) is 5.88 Å². The molecule has 0 fully saturated rings. The van der Waals surface area contributed by atoms with Crippen LogP contribution in [-0.4, -0.2) is 62.3 Å². The van der Waals surface area contributed by atoms with Gasteiger partial charge >= 0.3 is 0 Å². The van der Waals surface area contributed by atoms with Crippen molar-refractivity contribution in [3.63, 3.8) is 0 Å². The molecule has 2 rings (SSSR count). The summed E-state index contributed by atoms with van der Waals surface area (Å²) in [6.45, 7) is 10.9. The predicted molar refractivity (Wildman–Crippen MR) is 123 cm³/mol. The number of pyridine rings is 1. The molecule has 1 unspecified atom stereocenters. The van der Waals surface area contributed by atoms with Crippen LogP contribution >= 0.6 is 11.8 Å². The molecular formula is C21H33N7O2S. The molecule has 10 heteroatoms. The van der Waals surface area contributed by atoms with Gasteiger partial charge in [-0.2, -0.15) is 11.8 Å². The molecule has 0 bridgehead atoms. The lowest BCUT2D eigenvalue weighted by molar-refractivity contribution is -0.118. The molecule has 0 saturated carbocycles. The van der Waals surface area contributed by atoms with Gasteiger partial charge in [-0.15, -0.1) is 5.10 Å². The summed E-state index contributed by atoms with van der Waals surface area (Å²) in [5.74, 6) is 2.02. The van der Waals surface area contributed by atoms with Crippen molar-refractivity contribution in [3.05, 3.63) is 42.4 Å². The van der Waals surface area contributed by atoms with E-state index in [9.17, 15) is 4.79 Å². The SMILES string of the molecule is C=CC(=O)NC(C)(C)CC(C)(NCCc1cccc(OC)n1)c1nnnn1CCSC. The number of carbonyl (C=O) groups is 1. The number of aromatic nitrogens is 5. The van der Waals surface area contributed by atoms with E-state index in [0.717, 1.165) is 17.3 Å². The Kier molecular flexibility index (Phi) is 9.00. The maximum atomic E-state index is 11.9. The summed E-state index contributed by atoms with van der Waals surface area (Å²) in [5, 5.41) is 19.1. The number of nitrogens with one attached hydrogen (secondary N) is 2. The van der Waals surface area contributed by atoms with E-state index in [2.05, 4.69) is 50.9 Å². The molecule has 2 N–H and O–H groups in total. The summed E-state index contributed by atoms with van der Waals surface area (Å²) in [4.78, 5) is 16.4. The number of tetrazole rings is 1. The molecule has 2 aromatic rings. The topological polar surface area (TPSA) is 107 Å². The molecule has 31 heavy (non-hydrogen) atoms. The lowest BCUT2D eigenvalue weighted by Crippen LogP contribution is -2.53. The minimum Gasteiger partial charge on any atom is -0.481 e. The van der Waals surface area contributed by atoms with Gasteiger partial charge < -0.3 is 15.4 Å². The summed E-state index contributed by atoms with van der Waals surface area (Å²) < 4.78 is 7.05. The van der Waals surface area contributed by atoms with Gasteiger partial charge in [0.25, 0.3) is 0 Å². The monoisotopic (exact) mass is 447 g/mol. The zero-order chi connectivity index (χ0) is 22.9. The number of thioether (sulfide) groups is 1. The number of methoxy groups -OCH3 is 1. The van der Waals surface area contributed by atoms with E-state index in [-0.39, 0.29) is 5.91 Å². The van der Waals surface area contributed by atoms with Crippen LogP contribution in [0.5, 0.6) is 5.88 Å². The molecule has 0 aromatic carbocycles. The third-order valence-electron chi connectivity index (χ3n) is 4.86. The van der Waals surface area contributed by atoms with Gasteiger partial charge in [-0.25, -0.2) is 9.67 Å². The van der Waals surface area contributed by atoms with Crippen LogP contribution in [0.4, 0.5) is 0 Å². The number of carbonyl (C=O) groups excluding carboxylic acids is 1. The maximum absolute atomic E-state index is 11.9. The van der Waals surface area contributed by atoms with Gasteiger partial charge in [-0.3, -0.25) is 4.79 Å². The Morgan fingerprint density at radius 2 is 2.13 bits per heavy atom. The average molecular weight is 448 g/mol. The average Bonchev–Trinajstić information content (AvgIpc) is 3.21. The summed E-state index contributed by atoms with van der Waals surface area (Å²) in [5.41, 5.74) is -0.175. The molecule has 2 heterocycles. The van der Waals surface area contributed by atoms with Crippen molar-refractivity contribution >= 4 is 17.7 Å². The molecule has 0 radical (unpaired) electrons. The highest BCUT2D eigenvalue weighted by Gasteiger charge is 2.38. The number of amides is 1. The first kappa shape index (κ1) is 24.8. The third-order valence-corrected chi connectivity index (χ3v) is 5.45. The van der Waals surface area contributed by atoms with Gasteiger partial charge in [0, 0.05) is 36.0 Å².